The normalized spacial score (nSPS) is 10.9. The number of carbonyl (C=O) groups excluding carboxylic acids is 1. The predicted octanol–water partition coefficient (Wildman–Crippen LogP) is 1.98. The molecule has 0 radical (unpaired) electrons. The summed E-state index contributed by atoms with van der Waals surface area (Å²) in [5.41, 5.74) is 0.266. The van der Waals surface area contributed by atoms with E-state index in [2.05, 4.69) is 10.6 Å². The summed E-state index contributed by atoms with van der Waals surface area (Å²) >= 11 is 0. The molecule has 0 fully saturated rings. The van der Waals surface area contributed by atoms with Crippen LogP contribution in [0.1, 0.15) is 20.8 Å². The number of aliphatic hydroxyl groups excluding tert-OH is 1. The molecule has 1 aromatic carbocycles. The zero-order valence-electron chi connectivity index (χ0n) is 11.0. The van der Waals surface area contributed by atoms with Gasteiger partial charge in [0.1, 0.15) is 11.4 Å². The zero-order chi connectivity index (χ0) is 13.6. The first-order valence-corrected chi connectivity index (χ1v) is 5.86. The van der Waals surface area contributed by atoms with Gasteiger partial charge in [0.05, 0.1) is 12.3 Å². The molecule has 0 saturated heterocycles. The van der Waals surface area contributed by atoms with Crippen LogP contribution in [0.3, 0.4) is 0 Å². The first kappa shape index (κ1) is 14.3. The molecule has 3 N–H and O–H groups in total. The zero-order valence-corrected chi connectivity index (χ0v) is 11.0. The fourth-order valence-corrected chi connectivity index (χ4v) is 1.32. The van der Waals surface area contributed by atoms with E-state index in [0.717, 1.165) is 0 Å². The van der Waals surface area contributed by atoms with Gasteiger partial charge in [0.15, 0.2) is 0 Å². The molecule has 18 heavy (non-hydrogen) atoms. The molecule has 1 rings (SSSR count). The van der Waals surface area contributed by atoms with Crippen LogP contribution >= 0.6 is 0 Å². The first-order valence-electron chi connectivity index (χ1n) is 5.86. The minimum absolute atomic E-state index is 0.0897. The van der Waals surface area contributed by atoms with Gasteiger partial charge in [0.2, 0.25) is 0 Å². The maximum Gasteiger partial charge on any atom is 0.319 e. The van der Waals surface area contributed by atoms with Crippen LogP contribution in [0.5, 0.6) is 5.75 Å². The minimum Gasteiger partial charge on any atom is -0.486 e. The largest absolute Gasteiger partial charge is 0.486 e. The fourth-order valence-electron chi connectivity index (χ4n) is 1.32. The number of nitrogens with one attached hydrogen (secondary N) is 2. The van der Waals surface area contributed by atoms with Gasteiger partial charge in [-0.05, 0) is 32.9 Å². The van der Waals surface area contributed by atoms with Crippen molar-refractivity contribution in [3.8, 4) is 5.75 Å². The van der Waals surface area contributed by atoms with Crippen molar-refractivity contribution in [2.75, 3.05) is 18.5 Å². The summed E-state index contributed by atoms with van der Waals surface area (Å²) in [6, 6.07) is 6.86. The van der Waals surface area contributed by atoms with Crippen LogP contribution in [-0.4, -0.2) is 29.9 Å². The second kappa shape index (κ2) is 6.26. The second-order valence-corrected chi connectivity index (χ2v) is 4.82. The van der Waals surface area contributed by atoms with Gasteiger partial charge in [-0.1, -0.05) is 12.1 Å². The predicted molar refractivity (Wildman–Crippen MR) is 70.9 cm³/mol. The first-order chi connectivity index (χ1) is 8.42. The van der Waals surface area contributed by atoms with Crippen molar-refractivity contribution in [1.82, 2.24) is 5.32 Å². The molecule has 0 unspecified atom stereocenters. The van der Waals surface area contributed by atoms with Gasteiger partial charge in [0.25, 0.3) is 0 Å². The number of hydrogen-bond donors (Lipinski definition) is 3. The molecule has 0 aliphatic rings. The fraction of sp³-hybridized carbons (Fsp3) is 0.462. The quantitative estimate of drug-likeness (QED) is 0.767. The topological polar surface area (TPSA) is 70.6 Å². The molecule has 100 valence electrons. The van der Waals surface area contributed by atoms with Crippen LogP contribution in [0, 0.1) is 0 Å². The van der Waals surface area contributed by atoms with Crippen molar-refractivity contribution < 1.29 is 14.6 Å². The van der Waals surface area contributed by atoms with Gasteiger partial charge in [-0.25, -0.2) is 4.79 Å². The number of carbonyl (C=O) groups is 1. The van der Waals surface area contributed by atoms with Crippen LogP contribution in [0.25, 0.3) is 0 Å². The number of urea groups is 1. The highest BCUT2D eigenvalue weighted by molar-refractivity contribution is 5.90. The van der Waals surface area contributed by atoms with Gasteiger partial charge in [0, 0.05) is 6.54 Å². The van der Waals surface area contributed by atoms with E-state index in [1.165, 1.54) is 0 Å². The average molecular weight is 252 g/mol. The van der Waals surface area contributed by atoms with Gasteiger partial charge in [-0.3, -0.25) is 0 Å². The molecule has 0 aliphatic carbocycles. The molecule has 0 aromatic heterocycles. The van der Waals surface area contributed by atoms with Gasteiger partial charge in [-0.15, -0.1) is 0 Å². The molecule has 0 atom stereocenters. The number of aliphatic hydroxyl groups is 1. The van der Waals surface area contributed by atoms with E-state index in [4.69, 9.17) is 9.84 Å². The van der Waals surface area contributed by atoms with Crippen LogP contribution in [0.2, 0.25) is 0 Å². The molecule has 0 saturated carbocycles. The minimum atomic E-state index is -0.367. The average Bonchev–Trinajstić information content (AvgIpc) is 2.27. The van der Waals surface area contributed by atoms with Crippen LogP contribution in [0.15, 0.2) is 24.3 Å². The van der Waals surface area contributed by atoms with Crippen molar-refractivity contribution in [3.63, 3.8) is 0 Å². The third-order valence-corrected chi connectivity index (χ3v) is 1.95. The standard InChI is InChI=1S/C13H20N2O3/c1-13(2,3)18-11-7-5-4-6-10(11)15-12(17)14-8-9-16/h4-7,16H,8-9H2,1-3H3,(H2,14,15,17). The maximum atomic E-state index is 11.5. The summed E-state index contributed by atoms with van der Waals surface area (Å²) in [7, 11) is 0. The highest BCUT2D eigenvalue weighted by atomic mass is 16.5. The van der Waals surface area contributed by atoms with Gasteiger partial charge >= 0.3 is 6.03 Å². The molecular weight excluding hydrogens is 232 g/mol. The van der Waals surface area contributed by atoms with E-state index in [-0.39, 0.29) is 24.8 Å². The Labute approximate surface area is 107 Å². The smallest absolute Gasteiger partial charge is 0.319 e. The third kappa shape index (κ3) is 5.05. The highest BCUT2D eigenvalue weighted by Gasteiger charge is 2.15. The molecule has 0 heterocycles. The molecule has 5 nitrogen and oxygen atoms in total. The number of ether oxygens (including phenoxy) is 1. The van der Waals surface area contributed by atoms with Crippen molar-refractivity contribution in [3.05, 3.63) is 24.3 Å². The molecular formula is C13H20N2O3. The van der Waals surface area contributed by atoms with Crippen LogP contribution in [-0.2, 0) is 0 Å². The summed E-state index contributed by atoms with van der Waals surface area (Å²) in [5.74, 6) is 0.615. The maximum absolute atomic E-state index is 11.5. The van der Waals surface area contributed by atoms with Crippen molar-refractivity contribution >= 4 is 11.7 Å². The molecule has 1 aromatic rings. The Morgan fingerprint density at radius 2 is 2.00 bits per heavy atom. The Morgan fingerprint density at radius 3 is 2.61 bits per heavy atom. The van der Waals surface area contributed by atoms with E-state index in [0.29, 0.717) is 11.4 Å². The number of para-hydroxylation sites is 2. The SMILES string of the molecule is CC(C)(C)Oc1ccccc1NC(=O)NCCO. The number of benzene rings is 1. The van der Waals surface area contributed by atoms with E-state index in [1.807, 2.05) is 32.9 Å². The third-order valence-electron chi connectivity index (χ3n) is 1.95. The molecule has 0 aliphatic heterocycles. The van der Waals surface area contributed by atoms with Crippen molar-refractivity contribution in [2.24, 2.45) is 0 Å². The number of amides is 2. The van der Waals surface area contributed by atoms with E-state index < -0.39 is 0 Å². The van der Waals surface area contributed by atoms with Gasteiger partial charge in [-0.2, -0.15) is 0 Å². The monoisotopic (exact) mass is 252 g/mol. The Balaban J connectivity index is 2.73. The Hall–Kier alpha value is -1.75. The van der Waals surface area contributed by atoms with Gasteiger partial charge < -0.3 is 20.5 Å². The molecule has 0 spiro atoms. The summed E-state index contributed by atoms with van der Waals surface area (Å²) < 4.78 is 5.75. The highest BCUT2D eigenvalue weighted by Crippen LogP contribution is 2.27. The lowest BCUT2D eigenvalue weighted by atomic mass is 10.2. The van der Waals surface area contributed by atoms with Crippen LogP contribution in [0.4, 0.5) is 10.5 Å². The lowest BCUT2D eigenvalue weighted by molar-refractivity contribution is 0.132. The Bertz CT molecular complexity index is 399. The lowest BCUT2D eigenvalue weighted by Crippen LogP contribution is -2.31. The van der Waals surface area contributed by atoms with Crippen LogP contribution < -0.4 is 15.4 Å². The molecule has 5 heteroatoms. The number of hydrogen-bond acceptors (Lipinski definition) is 3. The molecule has 2 amide bonds. The summed E-state index contributed by atoms with van der Waals surface area (Å²) in [6.45, 7) is 5.95. The number of anilines is 1. The molecule has 0 bridgehead atoms. The van der Waals surface area contributed by atoms with Crippen molar-refractivity contribution in [2.45, 2.75) is 26.4 Å². The van der Waals surface area contributed by atoms with E-state index >= 15 is 0 Å². The van der Waals surface area contributed by atoms with E-state index in [9.17, 15) is 4.79 Å². The summed E-state index contributed by atoms with van der Waals surface area (Å²) in [4.78, 5) is 11.5. The Morgan fingerprint density at radius 1 is 1.33 bits per heavy atom. The van der Waals surface area contributed by atoms with Crippen molar-refractivity contribution in [1.29, 1.82) is 0 Å². The van der Waals surface area contributed by atoms with E-state index in [1.54, 1.807) is 12.1 Å². The summed E-state index contributed by atoms with van der Waals surface area (Å²) in [5, 5.41) is 13.8. The number of rotatable bonds is 4. The summed E-state index contributed by atoms with van der Waals surface area (Å²) in [6.07, 6.45) is 0. The Kier molecular flexibility index (Phi) is 4.97. The second-order valence-electron chi connectivity index (χ2n) is 4.82. The lowest BCUT2D eigenvalue weighted by Gasteiger charge is -2.23.